The maximum atomic E-state index is 12.1. The van der Waals surface area contributed by atoms with Crippen molar-refractivity contribution in [2.24, 2.45) is 0 Å². The third-order valence-electron chi connectivity index (χ3n) is 6.35. The third kappa shape index (κ3) is 7.67. The predicted octanol–water partition coefficient (Wildman–Crippen LogP) is 2.86. The molecule has 2 atom stereocenters. The van der Waals surface area contributed by atoms with Gasteiger partial charge in [-0.25, -0.2) is 9.59 Å². The molecule has 2 aromatic rings. The Morgan fingerprint density at radius 1 is 0.767 bits per heavy atom. The molecule has 0 aromatic heterocycles. The Bertz CT molecular complexity index is 1420. The van der Waals surface area contributed by atoms with E-state index in [9.17, 15) is 28.8 Å². The van der Waals surface area contributed by atoms with Gasteiger partial charge in [0.25, 0.3) is 11.8 Å². The number of carbonyl (C=O) groups excluding carboxylic acids is 6. The molecule has 2 amide bonds. The van der Waals surface area contributed by atoms with Crippen molar-refractivity contribution in [1.29, 1.82) is 0 Å². The molecule has 0 spiro atoms. The van der Waals surface area contributed by atoms with Crippen LogP contribution in [-0.4, -0.2) is 74.0 Å². The van der Waals surface area contributed by atoms with Crippen LogP contribution >= 0.6 is 0 Å². The summed E-state index contributed by atoms with van der Waals surface area (Å²) >= 11 is 0. The number of hydrogen-bond acceptors (Lipinski definition) is 11. The Kier molecular flexibility index (Phi) is 10.8. The van der Waals surface area contributed by atoms with Gasteiger partial charge >= 0.3 is 17.9 Å². The zero-order valence-corrected chi connectivity index (χ0v) is 24.8. The van der Waals surface area contributed by atoms with Crippen LogP contribution in [-0.2, 0) is 33.4 Å². The van der Waals surface area contributed by atoms with Gasteiger partial charge < -0.3 is 23.7 Å². The normalized spacial score (nSPS) is 14.8. The number of hydrogen-bond donors (Lipinski definition) is 0. The van der Waals surface area contributed by atoms with E-state index < -0.39 is 30.0 Å². The highest BCUT2D eigenvalue weighted by Crippen LogP contribution is 2.37. The molecule has 0 saturated carbocycles. The van der Waals surface area contributed by atoms with E-state index in [-0.39, 0.29) is 49.8 Å². The van der Waals surface area contributed by atoms with Gasteiger partial charge in [0.1, 0.15) is 29.3 Å². The number of rotatable bonds is 8. The van der Waals surface area contributed by atoms with E-state index in [4.69, 9.17) is 23.7 Å². The van der Waals surface area contributed by atoms with E-state index in [1.54, 1.807) is 58.0 Å². The van der Waals surface area contributed by atoms with Gasteiger partial charge in [-0.2, -0.15) is 0 Å². The lowest BCUT2D eigenvalue weighted by Gasteiger charge is -2.33. The van der Waals surface area contributed by atoms with Gasteiger partial charge in [-0.05, 0) is 65.0 Å². The molecule has 230 valence electrons. The van der Waals surface area contributed by atoms with Crippen LogP contribution in [0.4, 0.5) is 11.4 Å². The van der Waals surface area contributed by atoms with Crippen molar-refractivity contribution in [3.8, 4) is 17.2 Å². The van der Waals surface area contributed by atoms with E-state index in [1.165, 1.54) is 29.7 Å². The van der Waals surface area contributed by atoms with Crippen molar-refractivity contribution >= 4 is 46.9 Å². The predicted molar refractivity (Wildman–Crippen MR) is 152 cm³/mol. The molecular formula is C30H34N2O11. The molecule has 0 bridgehead atoms. The van der Waals surface area contributed by atoms with Crippen molar-refractivity contribution in [2.75, 3.05) is 36.2 Å². The fraction of sp³-hybridized carbons (Fsp3) is 0.400. The number of ether oxygens (including phenoxy) is 5. The van der Waals surface area contributed by atoms with Crippen LogP contribution in [0.3, 0.4) is 0 Å². The van der Waals surface area contributed by atoms with E-state index >= 15 is 0 Å². The number of nitrogens with zero attached hydrogens (tertiary/aromatic N) is 2. The number of amides is 2. The lowest BCUT2D eigenvalue weighted by Crippen LogP contribution is -2.48. The van der Waals surface area contributed by atoms with E-state index in [0.717, 1.165) is 0 Å². The summed E-state index contributed by atoms with van der Waals surface area (Å²) in [5, 5.41) is 0. The second-order valence-electron chi connectivity index (χ2n) is 9.42. The number of ketones is 1. The van der Waals surface area contributed by atoms with Gasteiger partial charge in [0.15, 0.2) is 19.0 Å². The fourth-order valence-electron chi connectivity index (χ4n) is 4.36. The number of anilines is 2. The molecule has 2 heterocycles. The fourth-order valence-corrected chi connectivity index (χ4v) is 4.36. The molecule has 2 aromatic carbocycles. The molecule has 2 unspecified atom stereocenters. The van der Waals surface area contributed by atoms with Crippen molar-refractivity contribution in [2.45, 2.75) is 53.6 Å². The van der Waals surface area contributed by atoms with Crippen molar-refractivity contribution in [1.82, 2.24) is 0 Å². The average Bonchev–Trinajstić information content (AvgIpc) is 2.96. The minimum Gasteiger partial charge on any atom is -0.482 e. The van der Waals surface area contributed by atoms with Crippen molar-refractivity contribution in [3.63, 3.8) is 0 Å². The van der Waals surface area contributed by atoms with E-state index in [1.807, 2.05) is 0 Å². The maximum absolute atomic E-state index is 12.1. The highest BCUT2D eigenvalue weighted by atomic mass is 16.5. The zero-order chi connectivity index (χ0) is 31.8. The molecule has 0 aliphatic carbocycles. The quantitative estimate of drug-likeness (QED) is 0.250. The SMILES string of the molecule is CCOC(=O)C(C)N1C(=O)COc2ccc(C(C)=O)cc21.CCOC(=O)C(C)N1C(=O)COc2ccc(OC(C)=O)cc21. The molecular weight excluding hydrogens is 564 g/mol. The second-order valence-corrected chi connectivity index (χ2v) is 9.42. The van der Waals surface area contributed by atoms with E-state index in [2.05, 4.69) is 0 Å². The van der Waals surface area contributed by atoms with Gasteiger partial charge in [0, 0.05) is 18.6 Å². The Morgan fingerprint density at radius 2 is 1.23 bits per heavy atom. The summed E-state index contributed by atoms with van der Waals surface area (Å²) in [4.78, 5) is 73.2. The molecule has 0 radical (unpaired) electrons. The molecule has 13 nitrogen and oxygen atoms in total. The average molecular weight is 599 g/mol. The summed E-state index contributed by atoms with van der Waals surface area (Å²) in [5.41, 5.74) is 1.24. The van der Waals surface area contributed by atoms with Crippen LogP contribution in [0.25, 0.3) is 0 Å². The molecule has 2 aliphatic heterocycles. The molecule has 0 N–H and O–H groups in total. The second kappa shape index (κ2) is 14.3. The first-order valence-corrected chi connectivity index (χ1v) is 13.6. The molecule has 2 aliphatic rings. The number of fused-ring (bicyclic) bond motifs is 2. The van der Waals surface area contributed by atoms with Gasteiger partial charge in [0.2, 0.25) is 0 Å². The largest absolute Gasteiger partial charge is 0.482 e. The van der Waals surface area contributed by atoms with Crippen molar-refractivity contribution in [3.05, 3.63) is 42.0 Å². The van der Waals surface area contributed by atoms with Crippen LogP contribution in [0, 0.1) is 0 Å². The minimum absolute atomic E-state index is 0.125. The highest BCUT2D eigenvalue weighted by Gasteiger charge is 2.35. The van der Waals surface area contributed by atoms with Crippen LogP contribution in [0.15, 0.2) is 36.4 Å². The number of esters is 3. The third-order valence-corrected chi connectivity index (χ3v) is 6.35. The Balaban J connectivity index is 0.000000236. The summed E-state index contributed by atoms with van der Waals surface area (Å²) in [6.07, 6.45) is 0. The maximum Gasteiger partial charge on any atom is 0.328 e. The zero-order valence-electron chi connectivity index (χ0n) is 24.8. The monoisotopic (exact) mass is 598 g/mol. The first-order valence-electron chi connectivity index (χ1n) is 13.6. The summed E-state index contributed by atoms with van der Waals surface area (Å²) in [7, 11) is 0. The summed E-state index contributed by atoms with van der Waals surface area (Å²) < 4.78 is 25.6. The number of carbonyl (C=O) groups is 6. The van der Waals surface area contributed by atoms with Crippen LogP contribution in [0.1, 0.15) is 51.9 Å². The lowest BCUT2D eigenvalue weighted by molar-refractivity contribution is -0.146. The molecule has 43 heavy (non-hydrogen) atoms. The lowest BCUT2D eigenvalue weighted by atomic mass is 10.1. The smallest absolute Gasteiger partial charge is 0.328 e. The summed E-state index contributed by atoms with van der Waals surface area (Å²) in [6, 6.07) is 7.88. The minimum atomic E-state index is -0.803. The molecule has 0 fully saturated rings. The first kappa shape index (κ1) is 32.6. The standard InChI is InChI=1S/C15H17NO6.C15H17NO5/c1-4-20-15(19)9(2)16-12-7-11(22-10(3)17)5-6-13(12)21-8-14(16)18;1-4-20-15(19)9(2)16-12-7-11(10(3)17)5-6-13(12)21-8-14(16)18/h5-7,9H,4,8H2,1-3H3;5-7,9H,4,8H2,1-3H3. The van der Waals surface area contributed by atoms with Crippen LogP contribution in [0.2, 0.25) is 0 Å². The van der Waals surface area contributed by atoms with Gasteiger partial charge in [-0.1, -0.05) is 0 Å². The highest BCUT2D eigenvalue weighted by molar-refractivity contribution is 6.05. The van der Waals surface area contributed by atoms with Crippen LogP contribution < -0.4 is 24.0 Å². The van der Waals surface area contributed by atoms with E-state index in [0.29, 0.717) is 28.4 Å². The van der Waals surface area contributed by atoms with Gasteiger partial charge in [-0.3, -0.25) is 29.0 Å². The Labute approximate surface area is 248 Å². The topological polar surface area (TPSA) is 155 Å². The molecule has 4 rings (SSSR count). The Hall–Kier alpha value is -4.94. The van der Waals surface area contributed by atoms with Gasteiger partial charge in [-0.15, -0.1) is 0 Å². The Morgan fingerprint density at radius 3 is 1.67 bits per heavy atom. The summed E-state index contributed by atoms with van der Waals surface area (Å²) in [5.74, 6) is -1.15. The number of Topliss-reactive ketones (excluding diaryl/α,β-unsaturated/α-hetero) is 1. The first-order chi connectivity index (χ1) is 20.4. The van der Waals surface area contributed by atoms with Crippen molar-refractivity contribution < 1.29 is 52.5 Å². The van der Waals surface area contributed by atoms with Gasteiger partial charge in [0.05, 0.1) is 24.6 Å². The molecule has 13 heteroatoms. The van der Waals surface area contributed by atoms with Crippen LogP contribution in [0.5, 0.6) is 17.2 Å². The summed E-state index contributed by atoms with van der Waals surface area (Å²) in [6.45, 7) is 9.43. The molecule has 0 saturated heterocycles. The number of benzene rings is 2.